The van der Waals surface area contributed by atoms with E-state index in [2.05, 4.69) is 5.32 Å². The fourth-order valence-electron chi connectivity index (χ4n) is 4.19. The van der Waals surface area contributed by atoms with Crippen LogP contribution in [-0.4, -0.2) is 26.9 Å². The number of fused-ring (bicyclic) bond motifs is 1. The van der Waals surface area contributed by atoms with Gasteiger partial charge in [-0.1, -0.05) is 71.7 Å². The number of halogens is 2. The predicted octanol–water partition coefficient (Wildman–Crippen LogP) is 5.35. The number of rotatable bonds is 5. The van der Waals surface area contributed by atoms with Gasteiger partial charge in [-0.3, -0.25) is 9.59 Å². The van der Waals surface area contributed by atoms with Gasteiger partial charge >= 0.3 is 0 Å². The molecule has 3 aromatic carbocycles. The average Bonchev–Trinajstić information content (AvgIpc) is 2.89. The third-order valence-electron chi connectivity index (χ3n) is 6.00. The molecule has 1 amide bonds. The zero-order valence-corrected chi connectivity index (χ0v) is 20.3. The van der Waals surface area contributed by atoms with Crippen molar-refractivity contribution in [3.63, 3.8) is 0 Å². The van der Waals surface area contributed by atoms with E-state index in [-0.39, 0.29) is 18.0 Å². The molecule has 0 unspecified atom stereocenters. The van der Waals surface area contributed by atoms with Crippen molar-refractivity contribution in [3.8, 4) is 5.69 Å². The second-order valence-electron chi connectivity index (χ2n) is 8.28. The van der Waals surface area contributed by atoms with Crippen molar-refractivity contribution in [2.75, 3.05) is 11.9 Å². The number of aromatic nitrogens is 2. The quantitative estimate of drug-likeness (QED) is 0.397. The summed E-state index contributed by atoms with van der Waals surface area (Å²) in [4.78, 5) is 33.3. The van der Waals surface area contributed by atoms with Crippen LogP contribution in [0.25, 0.3) is 5.69 Å². The predicted molar refractivity (Wildman–Crippen MR) is 139 cm³/mol. The third kappa shape index (κ3) is 4.81. The first kappa shape index (κ1) is 23.1. The number of nitrogens with zero attached hydrogens (tertiary/aromatic N) is 3. The van der Waals surface area contributed by atoms with E-state index in [9.17, 15) is 9.59 Å². The fourth-order valence-corrected chi connectivity index (χ4v) is 4.48. The number of nitrogens with one attached hydrogen (secondary N) is 1. The molecule has 35 heavy (non-hydrogen) atoms. The molecule has 0 atom stereocenters. The molecule has 0 saturated heterocycles. The van der Waals surface area contributed by atoms with Gasteiger partial charge in [0.25, 0.3) is 11.5 Å². The topological polar surface area (TPSA) is 67.2 Å². The van der Waals surface area contributed by atoms with E-state index in [0.29, 0.717) is 52.3 Å². The van der Waals surface area contributed by atoms with Crippen molar-refractivity contribution in [2.45, 2.75) is 19.5 Å². The molecule has 6 nitrogen and oxygen atoms in total. The summed E-state index contributed by atoms with van der Waals surface area (Å²) in [5.41, 5.74) is 3.34. The van der Waals surface area contributed by atoms with Crippen LogP contribution >= 0.6 is 23.2 Å². The molecule has 1 aliphatic heterocycles. The lowest BCUT2D eigenvalue weighted by Gasteiger charge is -2.29. The van der Waals surface area contributed by atoms with Crippen LogP contribution in [0.1, 0.15) is 27.2 Å². The summed E-state index contributed by atoms with van der Waals surface area (Å²) < 4.78 is 1.61. The van der Waals surface area contributed by atoms with Crippen molar-refractivity contribution >= 4 is 35.1 Å². The second kappa shape index (κ2) is 9.94. The normalized spacial score (nSPS) is 12.8. The molecule has 0 spiro atoms. The Morgan fingerprint density at radius 2 is 1.66 bits per heavy atom. The van der Waals surface area contributed by atoms with Gasteiger partial charge in [0.1, 0.15) is 0 Å². The second-order valence-corrected chi connectivity index (χ2v) is 9.10. The zero-order chi connectivity index (χ0) is 24.4. The van der Waals surface area contributed by atoms with E-state index in [1.807, 2.05) is 60.7 Å². The van der Waals surface area contributed by atoms with Crippen LogP contribution in [0.3, 0.4) is 0 Å². The van der Waals surface area contributed by atoms with Crippen molar-refractivity contribution in [1.82, 2.24) is 14.5 Å². The maximum absolute atomic E-state index is 13.6. The van der Waals surface area contributed by atoms with Gasteiger partial charge in [-0.15, -0.1) is 0 Å². The Labute approximate surface area is 212 Å². The SMILES string of the molecule is O=C(c1ccc(Cl)c(Cl)c1)N1CCc2c(nc(NCc3ccccc3)n(-c3ccccc3)c2=O)C1. The molecule has 8 heteroatoms. The average molecular weight is 505 g/mol. The lowest BCUT2D eigenvalue weighted by molar-refractivity contribution is 0.0731. The van der Waals surface area contributed by atoms with Crippen molar-refractivity contribution in [2.24, 2.45) is 0 Å². The Hall–Kier alpha value is -3.61. The highest BCUT2D eigenvalue weighted by Crippen LogP contribution is 2.25. The van der Waals surface area contributed by atoms with Gasteiger partial charge in [-0.2, -0.15) is 0 Å². The Bertz CT molecular complexity index is 1440. The molecular formula is C27H22Cl2N4O2. The fraction of sp³-hybridized carbons (Fsp3) is 0.148. The van der Waals surface area contributed by atoms with Crippen molar-refractivity contribution in [3.05, 3.63) is 122 Å². The molecule has 5 rings (SSSR count). The van der Waals surface area contributed by atoms with E-state index < -0.39 is 0 Å². The maximum atomic E-state index is 13.6. The number of para-hydroxylation sites is 1. The Morgan fingerprint density at radius 3 is 2.37 bits per heavy atom. The standard InChI is InChI=1S/C27H22Cl2N4O2/c28-22-12-11-19(15-23(22)29)25(34)32-14-13-21-24(17-32)31-27(30-16-18-7-3-1-4-8-18)33(26(21)35)20-9-5-2-6-10-20/h1-12,15H,13-14,16-17H2,(H,30,31). The summed E-state index contributed by atoms with van der Waals surface area (Å²) >= 11 is 12.1. The van der Waals surface area contributed by atoms with E-state index in [0.717, 1.165) is 11.3 Å². The lowest BCUT2D eigenvalue weighted by atomic mass is 10.0. The molecule has 1 aliphatic rings. The molecule has 0 bridgehead atoms. The number of benzene rings is 3. The van der Waals surface area contributed by atoms with Crippen LogP contribution in [0.2, 0.25) is 10.0 Å². The van der Waals surface area contributed by atoms with Crippen LogP contribution in [0, 0.1) is 0 Å². The molecule has 0 fully saturated rings. The monoisotopic (exact) mass is 504 g/mol. The van der Waals surface area contributed by atoms with Gasteiger partial charge < -0.3 is 10.2 Å². The van der Waals surface area contributed by atoms with E-state index in [1.165, 1.54) is 0 Å². The smallest absolute Gasteiger partial charge is 0.263 e. The number of carbonyl (C=O) groups is 1. The highest BCUT2D eigenvalue weighted by atomic mass is 35.5. The summed E-state index contributed by atoms with van der Waals surface area (Å²) in [6, 6.07) is 24.2. The number of hydrogen-bond donors (Lipinski definition) is 1. The molecule has 176 valence electrons. The molecule has 2 heterocycles. The van der Waals surface area contributed by atoms with Gasteiger partial charge in [0.2, 0.25) is 5.95 Å². The first-order valence-electron chi connectivity index (χ1n) is 11.2. The first-order chi connectivity index (χ1) is 17.0. The maximum Gasteiger partial charge on any atom is 0.263 e. The van der Waals surface area contributed by atoms with Crippen LogP contribution in [-0.2, 0) is 19.5 Å². The minimum absolute atomic E-state index is 0.126. The number of carbonyl (C=O) groups excluding carboxylic acids is 1. The van der Waals surface area contributed by atoms with Gasteiger partial charge in [-0.25, -0.2) is 9.55 Å². The third-order valence-corrected chi connectivity index (χ3v) is 6.74. The summed E-state index contributed by atoms with van der Waals surface area (Å²) in [5.74, 6) is 0.259. The van der Waals surface area contributed by atoms with Crippen LogP contribution in [0.15, 0.2) is 83.7 Å². The van der Waals surface area contributed by atoms with Crippen LogP contribution < -0.4 is 10.9 Å². The van der Waals surface area contributed by atoms with E-state index in [4.69, 9.17) is 28.2 Å². The van der Waals surface area contributed by atoms with E-state index >= 15 is 0 Å². The van der Waals surface area contributed by atoms with E-state index in [1.54, 1.807) is 27.7 Å². The lowest BCUT2D eigenvalue weighted by Crippen LogP contribution is -2.40. The number of hydrogen-bond acceptors (Lipinski definition) is 4. The minimum Gasteiger partial charge on any atom is -0.351 e. The van der Waals surface area contributed by atoms with Crippen molar-refractivity contribution < 1.29 is 4.79 Å². The molecule has 1 N–H and O–H groups in total. The minimum atomic E-state index is -0.179. The largest absolute Gasteiger partial charge is 0.351 e. The van der Waals surface area contributed by atoms with Gasteiger partial charge in [-0.05, 0) is 42.3 Å². The summed E-state index contributed by atoms with van der Waals surface area (Å²) in [7, 11) is 0. The Kier molecular flexibility index (Phi) is 6.57. The Balaban J connectivity index is 1.50. The summed E-state index contributed by atoms with van der Waals surface area (Å²) in [5, 5.41) is 4.04. The van der Waals surface area contributed by atoms with Gasteiger partial charge in [0.05, 0.1) is 28.0 Å². The zero-order valence-electron chi connectivity index (χ0n) is 18.7. The van der Waals surface area contributed by atoms with Gasteiger partial charge in [0, 0.05) is 24.2 Å². The van der Waals surface area contributed by atoms with Crippen LogP contribution in [0.5, 0.6) is 0 Å². The first-order valence-corrected chi connectivity index (χ1v) is 12.0. The summed E-state index contributed by atoms with van der Waals surface area (Å²) in [6.07, 6.45) is 0.417. The van der Waals surface area contributed by atoms with Gasteiger partial charge in [0.15, 0.2) is 0 Å². The van der Waals surface area contributed by atoms with Crippen LogP contribution in [0.4, 0.5) is 5.95 Å². The Morgan fingerprint density at radius 1 is 0.943 bits per heavy atom. The molecule has 0 aliphatic carbocycles. The molecular weight excluding hydrogens is 483 g/mol. The number of anilines is 1. The molecule has 0 saturated carbocycles. The molecule has 4 aromatic rings. The number of amides is 1. The highest BCUT2D eigenvalue weighted by molar-refractivity contribution is 6.42. The molecule has 1 aromatic heterocycles. The van der Waals surface area contributed by atoms with Crippen molar-refractivity contribution in [1.29, 1.82) is 0 Å². The highest BCUT2D eigenvalue weighted by Gasteiger charge is 2.27. The summed E-state index contributed by atoms with van der Waals surface area (Å²) in [6.45, 7) is 1.15. The molecule has 0 radical (unpaired) electrons.